The minimum Gasteiger partial charge on any atom is -0.399 e. The van der Waals surface area contributed by atoms with Gasteiger partial charge in [0.2, 0.25) is 0 Å². The van der Waals surface area contributed by atoms with E-state index in [1.807, 2.05) is 51.1 Å². The molecule has 0 saturated heterocycles. The van der Waals surface area contributed by atoms with Crippen molar-refractivity contribution in [2.75, 3.05) is 11.5 Å². The van der Waals surface area contributed by atoms with Crippen LogP contribution in [-0.4, -0.2) is 40.4 Å². The number of thioether (sulfide) groups is 1. The molecule has 0 aliphatic heterocycles. The number of halogens is 1. The number of nitrogen functional groups attached to an aromatic ring is 1. The first-order valence-electron chi connectivity index (χ1n) is 13.1. The summed E-state index contributed by atoms with van der Waals surface area (Å²) in [5, 5.41) is 19.9. The highest BCUT2D eigenvalue weighted by Gasteiger charge is 2.26. The van der Waals surface area contributed by atoms with Crippen LogP contribution < -0.4 is 16.4 Å². The Morgan fingerprint density at radius 2 is 1.60 bits per heavy atom. The van der Waals surface area contributed by atoms with Crippen LogP contribution in [0.5, 0.6) is 0 Å². The van der Waals surface area contributed by atoms with Crippen LogP contribution in [0.2, 0.25) is 5.02 Å². The fourth-order valence-electron chi connectivity index (χ4n) is 4.35. The second-order valence-corrected chi connectivity index (χ2v) is 12.3. The van der Waals surface area contributed by atoms with Gasteiger partial charge in [0.15, 0.2) is 0 Å². The molecule has 0 unspecified atom stereocenters. The van der Waals surface area contributed by atoms with Gasteiger partial charge in [-0.25, -0.2) is 0 Å². The molecule has 2 atom stereocenters. The van der Waals surface area contributed by atoms with Crippen molar-refractivity contribution in [3.8, 4) is 0 Å². The molecule has 0 saturated carbocycles. The zero-order valence-electron chi connectivity index (χ0n) is 22.8. The molecule has 208 valence electrons. The Balaban J connectivity index is 1.58. The number of hydrogen-bond donors (Lipinski definition) is 4. The number of carbonyl (C=O) groups is 2. The van der Waals surface area contributed by atoms with E-state index in [1.165, 1.54) is 17.8 Å². The van der Waals surface area contributed by atoms with E-state index in [2.05, 4.69) is 34.9 Å². The van der Waals surface area contributed by atoms with Gasteiger partial charge in [0.1, 0.15) is 0 Å². The zero-order valence-corrected chi connectivity index (χ0v) is 24.4. The molecule has 0 fully saturated rings. The molecule has 0 bridgehead atoms. The second-order valence-electron chi connectivity index (χ2n) is 10.8. The van der Waals surface area contributed by atoms with Gasteiger partial charge >= 0.3 is 0 Å². The number of amides is 2. The maximum absolute atomic E-state index is 13.3. The first-order chi connectivity index (χ1) is 19.0. The number of aliphatic hydroxyl groups excluding tert-OH is 1. The first-order valence-corrected chi connectivity index (χ1v) is 14.4. The summed E-state index contributed by atoms with van der Waals surface area (Å²) in [7, 11) is 0. The van der Waals surface area contributed by atoms with Gasteiger partial charge in [-0.05, 0) is 73.5 Å². The molecule has 4 aromatic rings. The van der Waals surface area contributed by atoms with E-state index in [0.717, 1.165) is 15.7 Å². The molecule has 0 heterocycles. The molecule has 2 amide bonds. The fraction of sp³-hybridized carbons (Fsp3) is 0.250. The summed E-state index contributed by atoms with van der Waals surface area (Å²) in [6, 6.07) is 25.5. The van der Waals surface area contributed by atoms with Gasteiger partial charge in [-0.3, -0.25) is 9.59 Å². The lowest BCUT2D eigenvalue weighted by atomic mass is 9.97. The predicted molar refractivity (Wildman–Crippen MR) is 165 cm³/mol. The first kappa shape index (κ1) is 29.5. The van der Waals surface area contributed by atoms with Gasteiger partial charge in [-0.15, -0.1) is 11.8 Å². The van der Waals surface area contributed by atoms with Crippen molar-refractivity contribution in [1.29, 1.82) is 0 Å². The molecule has 40 heavy (non-hydrogen) atoms. The molecule has 8 heteroatoms. The highest BCUT2D eigenvalue weighted by Crippen LogP contribution is 2.26. The van der Waals surface area contributed by atoms with Crippen LogP contribution in [0.3, 0.4) is 0 Å². The van der Waals surface area contributed by atoms with Gasteiger partial charge in [0, 0.05) is 33.9 Å². The Hall–Kier alpha value is -3.52. The third-order valence-corrected chi connectivity index (χ3v) is 7.79. The van der Waals surface area contributed by atoms with Crippen molar-refractivity contribution in [2.24, 2.45) is 0 Å². The van der Waals surface area contributed by atoms with E-state index >= 15 is 0 Å². The fourth-order valence-corrected chi connectivity index (χ4v) is 5.61. The normalized spacial score (nSPS) is 13.0. The Bertz CT molecular complexity index is 1520. The van der Waals surface area contributed by atoms with E-state index in [1.54, 1.807) is 24.3 Å². The van der Waals surface area contributed by atoms with Crippen LogP contribution in [-0.2, 0) is 6.42 Å². The number of benzene rings is 4. The SMILES string of the molecule is CC(C)(C)NC(=O)c1ccccc1C[C@@H](O)[C@H](CSc1ccc2ccccc2c1)NC(=O)c1cc(N)ccc1Cl. The third-order valence-electron chi connectivity index (χ3n) is 6.35. The van der Waals surface area contributed by atoms with Crippen LogP contribution in [0, 0.1) is 0 Å². The molecule has 6 nitrogen and oxygen atoms in total. The van der Waals surface area contributed by atoms with Gasteiger partial charge in [0.05, 0.1) is 22.7 Å². The monoisotopic (exact) mass is 575 g/mol. The molecule has 5 N–H and O–H groups in total. The van der Waals surface area contributed by atoms with E-state index in [9.17, 15) is 14.7 Å². The van der Waals surface area contributed by atoms with Gasteiger partial charge < -0.3 is 21.5 Å². The van der Waals surface area contributed by atoms with Crippen molar-refractivity contribution in [3.05, 3.63) is 107 Å². The lowest BCUT2D eigenvalue weighted by Gasteiger charge is -2.26. The summed E-state index contributed by atoms with van der Waals surface area (Å²) in [6.45, 7) is 5.75. The number of rotatable bonds is 9. The van der Waals surface area contributed by atoms with Crippen LogP contribution in [0.4, 0.5) is 5.69 Å². The number of anilines is 1. The van der Waals surface area contributed by atoms with Gasteiger partial charge in [0.25, 0.3) is 11.8 Å². The van der Waals surface area contributed by atoms with E-state index < -0.39 is 23.6 Å². The second kappa shape index (κ2) is 12.8. The molecular formula is C32H34ClN3O3S. The Morgan fingerprint density at radius 3 is 2.35 bits per heavy atom. The number of aliphatic hydroxyl groups is 1. The molecule has 0 aliphatic carbocycles. The average Bonchev–Trinajstić information content (AvgIpc) is 2.91. The van der Waals surface area contributed by atoms with Crippen molar-refractivity contribution in [2.45, 2.75) is 49.8 Å². The molecular weight excluding hydrogens is 542 g/mol. The van der Waals surface area contributed by atoms with Gasteiger partial charge in [-0.2, -0.15) is 0 Å². The molecule has 4 aromatic carbocycles. The van der Waals surface area contributed by atoms with Crippen LogP contribution in [0.1, 0.15) is 47.1 Å². The zero-order chi connectivity index (χ0) is 28.9. The summed E-state index contributed by atoms with van der Waals surface area (Å²) < 4.78 is 0. The molecule has 0 aromatic heterocycles. The third kappa shape index (κ3) is 7.78. The number of carbonyl (C=O) groups excluding carboxylic acids is 2. The molecule has 0 aliphatic rings. The maximum atomic E-state index is 13.3. The Morgan fingerprint density at radius 1 is 0.900 bits per heavy atom. The van der Waals surface area contributed by atoms with Crippen LogP contribution in [0.15, 0.2) is 89.8 Å². The minimum absolute atomic E-state index is 0.168. The van der Waals surface area contributed by atoms with Crippen LogP contribution >= 0.6 is 23.4 Å². The summed E-state index contributed by atoms with van der Waals surface area (Å²) >= 11 is 7.83. The number of nitrogens with one attached hydrogen (secondary N) is 2. The molecule has 0 spiro atoms. The number of hydrogen-bond acceptors (Lipinski definition) is 5. The molecule has 0 radical (unpaired) electrons. The topological polar surface area (TPSA) is 104 Å². The smallest absolute Gasteiger partial charge is 0.253 e. The highest BCUT2D eigenvalue weighted by molar-refractivity contribution is 7.99. The van der Waals surface area contributed by atoms with Crippen molar-refractivity contribution >= 4 is 51.6 Å². The molecule has 4 rings (SSSR count). The van der Waals surface area contributed by atoms with Crippen molar-refractivity contribution < 1.29 is 14.7 Å². The van der Waals surface area contributed by atoms with E-state index in [4.69, 9.17) is 17.3 Å². The number of fused-ring (bicyclic) bond motifs is 1. The van der Waals surface area contributed by atoms with E-state index in [-0.39, 0.29) is 22.9 Å². The number of nitrogens with two attached hydrogens (primary N) is 1. The Kier molecular flexibility index (Phi) is 9.40. The van der Waals surface area contributed by atoms with Crippen LogP contribution in [0.25, 0.3) is 10.8 Å². The standard InChI is InChI=1S/C32H34ClN3O3S/c1-32(2,3)36-31(39)25-11-7-6-10-22(25)17-29(37)28(35-30(38)26-18-23(34)13-15-27(26)33)19-40-24-14-12-20-8-4-5-9-21(20)16-24/h4-16,18,28-29,37H,17,19,34H2,1-3H3,(H,35,38)(H,36,39)/t28-,29+/m0/s1. The van der Waals surface area contributed by atoms with Crippen molar-refractivity contribution in [3.63, 3.8) is 0 Å². The largest absolute Gasteiger partial charge is 0.399 e. The predicted octanol–water partition coefficient (Wildman–Crippen LogP) is 6.10. The maximum Gasteiger partial charge on any atom is 0.253 e. The summed E-state index contributed by atoms with van der Waals surface area (Å²) in [6.07, 6.45) is -0.818. The lowest BCUT2D eigenvalue weighted by Crippen LogP contribution is -2.46. The summed E-state index contributed by atoms with van der Waals surface area (Å²) in [5.74, 6) is -0.256. The van der Waals surface area contributed by atoms with Crippen molar-refractivity contribution in [1.82, 2.24) is 10.6 Å². The summed E-state index contributed by atoms with van der Waals surface area (Å²) in [4.78, 5) is 27.3. The summed E-state index contributed by atoms with van der Waals surface area (Å²) in [5.41, 5.74) is 7.31. The van der Waals surface area contributed by atoms with Gasteiger partial charge in [-0.1, -0.05) is 60.1 Å². The highest BCUT2D eigenvalue weighted by atomic mass is 35.5. The lowest BCUT2D eigenvalue weighted by molar-refractivity contribution is 0.0850. The average molecular weight is 576 g/mol. The van der Waals surface area contributed by atoms with E-state index in [0.29, 0.717) is 22.6 Å². The quantitative estimate of drug-likeness (QED) is 0.143. The minimum atomic E-state index is -0.986. The Labute approximate surface area is 244 Å².